The lowest BCUT2D eigenvalue weighted by atomic mass is 9.99. The molecule has 0 bridgehead atoms. The van der Waals surface area contributed by atoms with E-state index in [-0.39, 0.29) is 0 Å². The van der Waals surface area contributed by atoms with E-state index in [1.54, 1.807) is 6.26 Å². The quantitative estimate of drug-likeness (QED) is 0.674. The van der Waals surface area contributed by atoms with Gasteiger partial charge in [0.1, 0.15) is 5.76 Å². The Morgan fingerprint density at radius 2 is 2.07 bits per heavy atom. The van der Waals surface area contributed by atoms with E-state index in [0.717, 1.165) is 42.6 Å². The van der Waals surface area contributed by atoms with E-state index in [0.29, 0.717) is 0 Å². The molecule has 0 aromatic carbocycles. The first kappa shape index (κ1) is 11.6. The van der Waals surface area contributed by atoms with Gasteiger partial charge in [0.15, 0.2) is 0 Å². The Balaban J connectivity index is 3.04. The fourth-order valence-corrected chi connectivity index (χ4v) is 1.65. The van der Waals surface area contributed by atoms with Crippen LogP contribution in [0.15, 0.2) is 28.4 Å². The van der Waals surface area contributed by atoms with Gasteiger partial charge in [-0.05, 0) is 25.0 Å². The molecule has 15 heavy (non-hydrogen) atoms. The van der Waals surface area contributed by atoms with Crippen molar-refractivity contribution in [2.45, 2.75) is 39.5 Å². The van der Waals surface area contributed by atoms with Crippen LogP contribution in [0.5, 0.6) is 0 Å². The van der Waals surface area contributed by atoms with Gasteiger partial charge in [-0.2, -0.15) is 5.26 Å². The molecule has 0 unspecified atom stereocenters. The summed E-state index contributed by atoms with van der Waals surface area (Å²) in [4.78, 5) is 0. The first-order valence-corrected chi connectivity index (χ1v) is 5.49. The van der Waals surface area contributed by atoms with Gasteiger partial charge >= 0.3 is 0 Å². The van der Waals surface area contributed by atoms with E-state index < -0.39 is 0 Å². The van der Waals surface area contributed by atoms with Crippen LogP contribution in [0.25, 0.3) is 5.57 Å². The number of allylic oxidation sites excluding steroid dienone is 2. The van der Waals surface area contributed by atoms with Crippen LogP contribution >= 0.6 is 0 Å². The Bertz CT molecular complexity index is 354. The van der Waals surface area contributed by atoms with Gasteiger partial charge in [0, 0.05) is 11.1 Å². The van der Waals surface area contributed by atoms with Crippen molar-refractivity contribution < 1.29 is 4.42 Å². The van der Waals surface area contributed by atoms with Crippen molar-refractivity contribution in [1.29, 1.82) is 5.26 Å². The molecule has 0 radical (unpaired) electrons. The first-order chi connectivity index (χ1) is 7.33. The molecule has 0 amide bonds. The van der Waals surface area contributed by atoms with Crippen LogP contribution in [-0.2, 0) is 0 Å². The Labute approximate surface area is 91.2 Å². The summed E-state index contributed by atoms with van der Waals surface area (Å²) in [6, 6.07) is 6.09. The molecule has 0 fully saturated rings. The molecule has 0 saturated carbocycles. The summed E-state index contributed by atoms with van der Waals surface area (Å²) in [5.41, 5.74) is 1.95. The second-order valence-electron chi connectivity index (χ2n) is 3.55. The summed E-state index contributed by atoms with van der Waals surface area (Å²) >= 11 is 0. The van der Waals surface area contributed by atoms with Crippen molar-refractivity contribution in [2.75, 3.05) is 0 Å². The maximum absolute atomic E-state index is 9.10. The smallest absolute Gasteiger partial charge is 0.130 e. The Hall–Kier alpha value is -1.49. The Kier molecular flexibility index (Phi) is 4.70. The van der Waals surface area contributed by atoms with Gasteiger partial charge in [-0.3, -0.25) is 0 Å². The summed E-state index contributed by atoms with van der Waals surface area (Å²) in [7, 11) is 0. The topological polar surface area (TPSA) is 36.9 Å². The molecule has 0 atom stereocenters. The van der Waals surface area contributed by atoms with Crippen LogP contribution in [0.4, 0.5) is 0 Å². The molecule has 1 aromatic heterocycles. The number of rotatable bonds is 5. The molecule has 2 nitrogen and oxygen atoms in total. The van der Waals surface area contributed by atoms with Crippen LogP contribution in [0.3, 0.4) is 0 Å². The average molecular weight is 203 g/mol. The number of hydrogen-bond acceptors (Lipinski definition) is 2. The number of nitriles is 1. The van der Waals surface area contributed by atoms with Crippen molar-refractivity contribution in [1.82, 2.24) is 0 Å². The predicted octanol–water partition coefficient (Wildman–Crippen LogP) is 4.16. The maximum Gasteiger partial charge on any atom is 0.130 e. The van der Waals surface area contributed by atoms with Crippen LogP contribution in [0, 0.1) is 11.3 Å². The third-order valence-electron chi connectivity index (χ3n) is 2.32. The highest BCUT2D eigenvalue weighted by Crippen LogP contribution is 2.26. The number of nitrogens with zero attached hydrogens (tertiary/aromatic N) is 1. The first-order valence-electron chi connectivity index (χ1n) is 5.49. The molecule has 1 aromatic rings. The lowest BCUT2D eigenvalue weighted by Crippen LogP contribution is -1.89. The highest BCUT2D eigenvalue weighted by atomic mass is 16.3. The molecule has 0 aliphatic rings. The summed E-state index contributed by atoms with van der Waals surface area (Å²) in [5, 5.41) is 9.10. The van der Waals surface area contributed by atoms with Crippen molar-refractivity contribution in [2.24, 2.45) is 0 Å². The van der Waals surface area contributed by atoms with Crippen LogP contribution in [0.1, 0.15) is 45.3 Å². The van der Waals surface area contributed by atoms with E-state index in [1.165, 1.54) is 0 Å². The highest BCUT2D eigenvalue weighted by molar-refractivity contribution is 5.68. The van der Waals surface area contributed by atoms with Gasteiger partial charge in [0.2, 0.25) is 0 Å². The minimum Gasteiger partial charge on any atom is -0.465 e. The lowest BCUT2D eigenvalue weighted by Gasteiger charge is -2.06. The monoisotopic (exact) mass is 203 g/mol. The Morgan fingerprint density at radius 3 is 2.53 bits per heavy atom. The standard InChI is InChI=1S/C13H17NO/c1-3-6-11(10-14)12(7-4-2)13-8-5-9-15-13/h5,8-9H,3-4,6-7H2,1-2H3/b12-11-. The van der Waals surface area contributed by atoms with Gasteiger partial charge in [-0.15, -0.1) is 0 Å². The van der Waals surface area contributed by atoms with E-state index >= 15 is 0 Å². The zero-order valence-corrected chi connectivity index (χ0v) is 9.42. The van der Waals surface area contributed by atoms with Gasteiger partial charge in [0.05, 0.1) is 12.3 Å². The second kappa shape index (κ2) is 6.08. The summed E-state index contributed by atoms with van der Waals surface area (Å²) < 4.78 is 5.37. The minimum atomic E-state index is 0.840. The molecule has 0 aliphatic carbocycles. The molecular weight excluding hydrogens is 186 g/mol. The van der Waals surface area contributed by atoms with Crippen molar-refractivity contribution in [3.8, 4) is 6.07 Å². The Morgan fingerprint density at radius 1 is 1.33 bits per heavy atom. The molecule has 0 N–H and O–H groups in total. The van der Waals surface area contributed by atoms with E-state index in [4.69, 9.17) is 9.68 Å². The second-order valence-corrected chi connectivity index (χ2v) is 3.55. The zero-order valence-electron chi connectivity index (χ0n) is 9.42. The van der Waals surface area contributed by atoms with Gasteiger partial charge in [0.25, 0.3) is 0 Å². The highest BCUT2D eigenvalue weighted by Gasteiger charge is 2.10. The largest absolute Gasteiger partial charge is 0.465 e. The summed E-state index contributed by atoms with van der Waals surface area (Å²) in [5.74, 6) is 0.849. The van der Waals surface area contributed by atoms with E-state index in [9.17, 15) is 0 Å². The van der Waals surface area contributed by atoms with Crippen LogP contribution < -0.4 is 0 Å². The number of furan rings is 1. The molecule has 0 spiro atoms. The minimum absolute atomic E-state index is 0.840. The molecule has 0 aliphatic heterocycles. The van der Waals surface area contributed by atoms with Crippen LogP contribution in [0.2, 0.25) is 0 Å². The third kappa shape index (κ3) is 2.99. The molecule has 1 rings (SSSR count). The normalized spacial score (nSPS) is 12.1. The zero-order chi connectivity index (χ0) is 11.1. The van der Waals surface area contributed by atoms with Gasteiger partial charge < -0.3 is 4.42 Å². The molecule has 0 saturated heterocycles. The molecular formula is C13H17NO. The average Bonchev–Trinajstić information content (AvgIpc) is 2.76. The summed E-state index contributed by atoms with van der Waals surface area (Å²) in [6.07, 6.45) is 5.44. The fraction of sp³-hybridized carbons (Fsp3) is 0.462. The van der Waals surface area contributed by atoms with Crippen LogP contribution in [-0.4, -0.2) is 0 Å². The molecule has 1 heterocycles. The SMILES string of the molecule is CCC/C(C#N)=C(\CCC)c1ccco1. The maximum atomic E-state index is 9.10. The number of hydrogen-bond donors (Lipinski definition) is 0. The third-order valence-corrected chi connectivity index (χ3v) is 2.32. The van der Waals surface area contributed by atoms with E-state index in [2.05, 4.69) is 19.9 Å². The lowest BCUT2D eigenvalue weighted by molar-refractivity contribution is 0.549. The van der Waals surface area contributed by atoms with Crippen molar-refractivity contribution in [3.05, 3.63) is 29.7 Å². The summed E-state index contributed by atoms with van der Waals surface area (Å²) in [6.45, 7) is 4.20. The molecule has 2 heteroatoms. The van der Waals surface area contributed by atoms with Crippen molar-refractivity contribution >= 4 is 5.57 Å². The van der Waals surface area contributed by atoms with Crippen molar-refractivity contribution in [3.63, 3.8) is 0 Å². The fourth-order valence-electron chi connectivity index (χ4n) is 1.65. The molecule has 80 valence electrons. The van der Waals surface area contributed by atoms with E-state index in [1.807, 2.05) is 12.1 Å². The predicted molar refractivity (Wildman–Crippen MR) is 61.1 cm³/mol. The van der Waals surface area contributed by atoms with Gasteiger partial charge in [-0.25, -0.2) is 0 Å². The van der Waals surface area contributed by atoms with Gasteiger partial charge in [-0.1, -0.05) is 26.7 Å².